The first kappa shape index (κ1) is 17.2. The summed E-state index contributed by atoms with van der Waals surface area (Å²) >= 11 is 1.42. The van der Waals surface area contributed by atoms with Crippen LogP contribution >= 0.6 is 11.3 Å². The van der Waals surface area contributed by atoms with Crippen LogP contribution < -0.4 is 10.6 Å². The second kappa shape index (κ2) is 7.96. The summed E-state index contributed by atoms with van der Waals surface area (Å²) in [4.78, 5) is 28.0. The van der Waals surface area contributed by atoms with Gasteiger partial charge in [-0.15, -0.1) is 11.3 Å². The minimum atomic E-state index is -0.0392. The lowest BCUT2D eigenvalue weighted by Gasteiger charge is -2.04. The lowest BCUT2D eigenvalue weighted by Crippen LogP contribution is -2.27. The van der Waals surface area contributed by atoms with Crippen molar-refractivity contribution in [1.29, 1.82) is 0 Å². The van der Waals surface area contributed by atoms with E-state index < -0.39 is 0 Å². The predicted octanol–water partition coefficient (Wildman–Crippen LogP) is 3.06. The van der Waals surface area contributed by atoms with Crippen molar-refractivity contribution in [2.24, 2.45) is 0 Å². The Morgan fingerprint density at radius 2 is 2.00 bits per heavy atom. The number of fused-ring (bicyclic) bond motifs is 1. The standard InChI is InChI=1S/C19H18N6OS/c26-17(20-9-6-13-11-23-16-5-2-1-4-15(13)16)10-14-12-27-19(24-14)25-18-21-7-3-8-22-18/h1-5,7-8,11-12,23H,6,9-10H2,(H,20,26)(H,21,22,24,25). The van der Waals surface area contributed by atoms with E-state index in [1.54, 1.807) is 18.5 Å². The molecular formula is C19H18N6OS. The molecule has 4 aromatic rings. The zero-order chi connectivity index (χ0) is 18.5. The first-order valence-corrected chi connectivity index (χ1v) is 9.46. The lowest BCUT2D eigenvalue weighted by atomic mass is 10.1. The van der Waals surface area contributed by atoms with Crippen LogP contribution in [-0.4, -0.2) is 32.4 Å². The van der Waals surface area contributed by atoms with E-state index >= 15 is 0 Å². The molecule has 136 valence electrons. The first-order valence-electron chi connectivity index (χ1n) is 8.58. The molecule has 3 aromatic heterocycles. The van der Waals surface area contributed by atoms with Gasteiger partial charge in [-0.2, -0.15) is 0 Å². The number of hydrogen-bond donors (Lipinski definition) is 3. The summed E-state index contributed by atoms with van der Waals surface area (Å²) < 4.78 is 0. The average Bonchev–Trinajstić information content (AvgIpc) is 3.30. The van der Waals surface area contributed by atoms with Gasteiger partial charge in [0.05, 0.1) is 12.1 Å². The van der Waals surface area contributed by atoms with Gasteiger partial charge in [-0.3, -0.25) is 4.79 Å². The van der Waals surface area contributed by atoms with Crippen molar-refractivity contribution < 1.29 is 4.79 Å². The number of nitrogens with one attached hydrogen (secondary N) is 3. The summed E-state index contributed by atoms with van der Waals surface area (Å²) in [7, 11) is 0. The summed E-state index contributed by atoms with van der Waals surface area (Å²) in [6.45, 7) is 0.591. The van der Waals surface area contributed by atoms with E-state index in [-0.39, 0.29) is 12.3 Å². The van der Waals surface area contributed by atoms with Gasteiger partial charge in [-0.25, -0.2) is 15.0 Å². The van der Waals surface area contributed by atoms with Crippen LogP contribution in [0, 0.1) is 0 Å². The van der Waals surface area contributed by atoms with E-state index in [1.807, 2.05) is 29.8 Å². The summed E-state index contributed by atoms with van der Waals surface area (Å²) in [6.07, 6.45) is 6.35. The van der Waals surface area contributed by atoms with Gasteiger partial charge in [0.2, 0.25) is 11.9 Å². The van der Waals surface area contributed by atoms with E-state index in [4.69, 9.17) is 0 Å². The third-order valence-electron chi connectivity index (χ3n) is 4.07. The van der Waals surface area contributed by atoms with Crippen molar-refractivity contribution in [3.63, 3.8) is 0 Å². The molecule has 0 saturated heterocycles. The summed E-state index contributed by atoms with van der Waals surface area (Å²) in [5.74, 6) is 0.448. The molecule has 3 N–H and O–H groups in total. The van der Waals surface area contributed by atoms with Gasteiger partial charge in [-0.1, -0.05) is 18.2 Å². The smallest absolute Gasteiger partial charge is 0.228 e. The minimum Gasteiger partial charge on any atom is -0.361 e. The van der Waals surface area contributed by atoms with Crippen LogP contribution in [0.5, 0.6) is 0 Å². The molecule has 0 spiro atoms. The van der Waals surface area contributed by atoms with Gasteiger partial charge in [0.1, 0.15) is 0 Å². The molecule has 3 heterocycles. The molecule has 0 radical (unpaired) electrons. The molecule has 0 atom stereocenters. The van der Waals surface area contributed by atoms with Crippen LogP contribution in [-0.2, 0) is 17.6 Å². The van der Waals surface area contributed by atoms with E-state index in [2.05, 4.69) is 36.6 Å². The topological polar surface area (TPSA) is 95.6 Å². The molecule has 4 rings (SSSR count). The molecule has 1 amide bonds. The maximum Gasteiger partial charge on any atom is 0.228 e. The van der Waals surface area contributed by atoms with E-state index in [1.165, 1.54) is 22.3 Å². The molecule has 27 heavy (non-hydrogen) atoms. The average molecular weight is 378 g/mol. The van der Waals surface area contributed by atoms with Crippen molar-refractivity contribution >= 4 is 39.2 Å². The maximum atomic E-state index is 12.2. The summed E-state index contributed by atoms with van der Waals surface area (Å²) in [6, 6.07) is 9.91. The quantitative estimate of drug-likeness (QED) is 0.459. The molecule has 0 aliphatic heterocycles. The normalized spacial score (nSPS) is 10.8. The van der Waals surface area contributed by atoms with Crippen LogP contribution in [0.2, 0.25) is 0 Å². The summed E-state index contributed by atoms with van der Waals surface area (Å²) in [5, 5.41) is 9.72. The number of nitrogens with zero attached hydrogens (tertiary/aromatic N) is 3. The number of hydrogen-bond acceptors (Lipinski definition) is 6. The molecular weight excluding hydrogens is 360 g/mol. The molecule has 8 heteroatoms. The highest BCUT2D eigenvalue weighted by Gasteiger charge is 2.09. The number of amides is 1. The van der Waals surface area contributed by atoms with Gasteiger partial charge < -0.3 is 15.6 Å². The molecule has 1 aromatic carbocycles. The van der Waals surface area contributed by atoms with Crippen LogP contribution in [0.15, 0.2) is 54.3 Å². The van der Waals surface area contributed by atoms with Crippen molar-refractivity contribution in [3.05, 3.63) is 65.6 Å². The van der Waals surface area contributed by atoms with Gasteiger partial charge in [0.25, 0.3) is 0 Å². The molecule has 0 fully saturated rings. The number of H-pyrrole nitrogens is 1. The highest BCUT2D eigenvalue weighted by atomic mass is 32.1. The number of rotatable bonds is 7. The number of aromatic amines is 1. The second-order valence-corrected chi connectivity index (χ2v) is 6.84. The molecule has 0 bridgehead atoms. The SMILES string of the molecule is O=C(Cc1csc(Nc2ncccn2)n1)NCCc1c[nH]c2ccccc12. The first-order chi connectivity index (χ1) is 13.3. The minimum absolute atomic E-state index is 0.0392. The second-order valence-electron chi connectivity index (χ2n) is 5.98. The number of carbonyl (C=O) groups excluding carboxylic acids is 1. The monoisotopic (exact) mass is 378 g/mol. The van der Waals surface area contributed by atoms with Crippen molar-refractivity contribution in [1.82, 2.24) is 25.3 Å². The van der Waals surface area contributed by atoms with E-state index in [0.29, 0.717) is 17.6 Å². The Labute approximate surface area is 159 Å². The highest BCUT2D eigenvalue weighted by molar-refractivity contribution is 7.13. The van der Waals surface area contributed by atoms with Crippen LogP contribution in [0.3, 0.4) is 0 Å². The molecule has 0 unspecified atom stereocenters. The highest BCUT2D eigenvalue weighted by Crippen LogP contribution is 2.19. The summed E-state index contributed by atoms with van der Waals surface area (Å²) in [5.41, 5.74) is 3.04. The van der Waals surface area contributed by atoms with Crippen molar-refractivity contribution in [3.8, 4) is 0 Å². The molecule has 0 saturated carbocycles. The van der Waals surface area contributed by atoms with E-state index in [0.717, 1.165) is 17.6 Å². The number of para-hydroxylation sites is 1. The molecule has 0 aliphatic rings. The molecule has 7 nitrogen and oxygen atoms in total. The predicted molar refractivity (Wildman–Crippen MR) is 106 cm³/mol. The van der Waals surface area contributed by atoms with Gasteiger partial charge in [-0.05, 0) is 24.1 Å². The Hall–Kier alpha value is -3.26. The number of anilines is 2. The number of thiazole rings is 1. The Morgan fingerprint density at radius 1 is 1.15 bits per heavy atom. The van der Waals surface area contributed by atoms with Crippen LogP contribution in [0.25, 0.3) is 10.9 Å². The number of aromatic nitrogens is 4. The van der Waals surface area contributed by atoms with Gasteiger partial charge in [0.15, 0.2) is 5.13 Å². The van der Waals surface area contributed by atoms with Gasteiger partial charge in [0, 0.05) is 41.4 Å². The third kappa shape index (κ3) is 4.29. The van der Waals surface area contributed by atoms with Crippen LogP contribution in [0.1, 0.15) is 11.3 Å². The fourth-order valence-electron chi connectivity index (χ4n) is 2.81. The van der Waals surface area contributed by atoms with Crippen molar-refractivity contribution in [2.45, 2.75) is 12.8 Å². The molecule has 0 aliphatic carbocycles. The Bertz CT molecular complexity index is 1040. The zero-order valence-electron chi connectivity index (χ0n) is 14.5. The largest absolute Gasteiger partial charge is 0.361 e. The zero-order valence-corrected chi connectivity index (χ0v) is 15.3. The third-order valence-corrected chi connectivity index (χ3v) is 4.88. The van der Waals surface area contributed by atoms with Crippen molar-refractivity contribution in [2.75, 3.05) is 11.9 Å². The van der Waals surface area contributed by atoms with E-state index in [9.17, 15) is 4.79 Å². The fourth-order valence-corrected chi connectivity index (χ4v) is 3.51. The number of benzene rings is 1. The lowest BCUT2D eigenvalue weighted by molar-refractivity contribution is -0.120. The van der Waals surface area contributed by atoms with Gasteiger partial charge >= 0.3 is 0 Å². The Morgan fingerprint density at radius 3 is 2.89 bits per heavy atom. The fraction of sp³-hybridized carbons (Fsp3) is 0.158. The Kier molecular flexibility index (Phi) is 5.06. The van der Waals surface area contributed by atoms with Crippen LogP contribution in [0.4, 0.5) is 11.1 Å². The maximum absolute atomic E-state index is 12.2. The number of carbonyl (C=O) groups is 1. The Balaban J connectivity index is 1.27.